The van der Waals surface area contributed by atoms with Gasteiger partial charge in [0, 0.05) is 43.8 Å². The molecule has 0 aliphatic heterocycles. The summed E-state index contributed by atoms with van der Waals surface area (Å²) in [5.41, 5.74) is 16.3. The minimum absolute atomic E-state index is 0.109. The second-order valence-electron chi connectivity index (χ2n) is 14.8. The lowest BCUT2D eigenvalue weighted by Crippen LogP contribution is -2.15. The van der Waals surface area contributed by atoms with E-state index in [2.05, 4.69) is 176 Å². The summed E-state index contributed by atoms with van der Waals surface area (Å²) in [4.78, 5) is 2.38. The Labute approximate surface area is 313 Å². The normalized spacial score (nSPS) is 13.1. The zero-order valence-corrected chi connectivity index (χ0v) is 30.0. The number of anilines is 3. The summed E-state index contributed by atoms with van der Waals surface area (Å²) in [5.74, 6) is 0. The molecule has 8 aromatic carbocycles. The van der Waals surface area contributed by atoms with E-state index in [1.165, 1.54) is 27.8 Å². The van der Waals surface area contributed by atoms with E-state index in [9.17, 15) is 0 Å². The van der Waals surface area contributed by atoms with Crippen LogP contribution in [0.4, 0.5) is 17.1 Å². The number of hydrogen-bond acceptors (Lipinski definition) is 3. The maximum Gasteiger partial charge on any atom is 0.159 e. The highest BCUT2D eigenvalue weighted by molar-refractivity contribution is 6.12. The van der Waals surface area contributed by atoms with Gasteiger partial charge in [-0.05, 0) is 69.8 Å². The second-order valence-corrected chi connectivity index (χ2v) is 14.8. The Morgan fingerprint density at radius 1 is 0.407 bits per heavy atom. The molecule has 256 valence electrons. The predicted molar refractivity (Wildman–Crippen MR) is 224 cm³/mol. The average molecular weight is 694 g/mol. The van der Waals surface area contributed by atoms with E-state index < -0.39 is 0 Å². The van der Waals surface area contributed by atoms with Crippen LogP contribution in [-0.2, 0) is 5.41 Å². The van der Waals surface area contributed by atoms with E-state index in [-0.39, 0.29) is 5.41 Å². The monoisotopic (exact) mass is 693 g/mol. The second kappa shape index (κ2) is 11.6. The lowest BCUT2D eigenvalue weighted by Gasteiger charge is -2.29. The minimum Gasteiger partial charge on any atom is -0.455 e. The zero-order valence-electron chi connectivity index (χ0n) is 30.0. The first-order valence-electron chi connectivity index (χ1n) is 18.6. The first-order chi connectivity index (χ1) is 26.6. The Morgan fingerprint density at radius 2 is 0.944 bits per heavy atom. The molecule has 0 spiro atoms. The summed E-state index contributed by atoms with van der Waals surface area (Å²) < 4.78 is 13.3. The van der Waals surface area contributed by atoms with Gasteiger partial charge in [0.25, 0.3) is 0 Å². The Hall–Kier alpha value is -6.84. The number of benzene rings is 8. The lowest BCUT2D eigenvalue weighted by atomic mass is 9.82. The molecule has 2 aromatic heterocycles. The first-order valence-corrected chi connectivity index (χ1v) is 18.6. The molecule has 3 heteroatoms. The summed E-state index contributed by atoms with van der Waals surface area (Å²) in [6.07, 6.45) is 0. The fourth-order valence-corrected chi connectivity index (χ4v) is 8.98. The standard InChI is InChI=1S/C51H35NO2/c1-51(2)42-25-7-3-20-41(42)48-38(22-13-26-43(48)51)35-17-4-8-27-44(35)52(45-28-14-24-40-37-19-6-10-30-47(37)54-50(40)45)33-16-11-15-32(31-33)34-21-12-23-39-36-18-5-9-29-46(36)53-49(34)39/h3-31H,1-2H3. The maximum absolute atomic E-state index is 6.75. The van der Waals surface area contributed by atoms with Crippen molar-refractivity contribution in [3.8, 4) is 33.4 Å². The molecule has 3 nitrogen and oxygen atoms in total. The molecule has 0 amide bonds. The van der Waals surface area contributed by atoms with Crippen molar-refractivity contribution in [2.45, 2.75) is 19.3 Å². The van der Waals surface area contributed by atoms with E-state index >= 15 is 0 Å². The van der Waals surface area contributed by atoms with Crippen molar-refractivity contribution in [2.24, 2.45) is 0 Å². The molecule has 54 heavy (non-hydrogen) atoms. The number of para-hydroxylation sites is 5. The fourth-order valence-electron chi connectivity index (χ4n) is 8.98. The molecule has 1 aliphatic rings. The number of furan rings is 2. The van der Waals surface area contributed by atoms with Gasteiger partial charge in [-0.2, -0.15) is 0 Å². The van der Waals surface area contributed by atoms with Gasteiger partial charge in [-0.15, -0.1) is 0 Å². The molecule has 0 atom stereocenters. The van der Waals surface area contributed by atoms with Crippen molar-refractivity contribution in [1.29, 1.82) is 0 Å². The van der Waals surface area contributed by atoms with Gasteiger partial charge in [0.2, 0.25) is 0 Å². The number of rotatable bonds is 5. The third-order valence-electron chi connectivity index (χ3n) is 11.5. The maximum atomic E-state index is 6.75. The molecule has 1 aliphatic carbocycles. The van der Waals surface area contributed by atoms with E-state index in [1.807, 2.05) is 18.2 Å². The third-order valence-corrected chi connectivity index (χ3v) is 11.5. The van der Waals surface area contributed by atoms with E-state index in [4.69, 9.17) is 8.83 Å². The number of hydrogen-bond donors (Lipinski definition) is 0. The van der Waals surface area contributed by atoms with Crippen LogP contribution in [0.15, 0.2) is 185 Å². The Bertz CT molecular complexity index is 3100. The Balaban J connectivity index is 1.18. The molecule has 11 rings (SSSR count). The van der Waals surface area contributed by atoms with Crippen LogP contribution in [0.1, 0.15) is 25.0 Å². The number of fused-ring (bicyclic) bond motifs is 9. The Morgan fingerprint density at radius 3 is 1.76 bits per heavy atom. The smallest absolute Gasteiger partial charge is 0.159 e. The van der Waals surface area contributed by atoms with Gasteiger partial charge in [0.05, 0.1) is 11.4 Å². The topological polar surface area (TPSA) is 29.5 Å². The van der Waals surface area contributed by atoms with Crippen LogP contribution < -0.4 is 4.90 Å². The van der Waals surface area contributed by atoms with E-state index in [0.717, 1.165) is 77.6 Å². The Kier molecular flexibility index (Phi) is 6.60. The van der Waals surface area contributed by atoms with Crippen LogP contribution >= 0.6 is 0 Å². The highest BCUT2D eigenvalue weighted by Crippen LogP contribution is 2.54. The highest BCUT2D eigenvalue weighted by atomic mass is 16.3. The van der Waals surface area contributed by atoms with Crippen molar-refractivity contribution in [3.63, 3.8) is 0 Å². The van der Waals surface area contributed by atoms with Gasteiger partial charge in [0.15, 0.2) is 5.58 Å². The van der Waals surface area contributed by atoms with E-state index in [1.54, 1.807) is 0 Å². The number of nitrogens with zero attached hydrogens (tertiary/aromatic N) is 1. The van der Waals surface area contributed by atoms with Gasteiger partial charge in [-0.25, -0.2) is 0 Å². The lowest BCUT2D eigenvalue weighted by molar-refractivity contribution is 0.660. The van der Waals surface area contributed by atoms with Crippen LogP contribution in [0.25, 0.3) is 77.3 Å². The van der Waals surface area contributed by atoms with Crippen molar-refractivity contribution in [3.05, 3.63) is 187 Å². The van der Waals surface area contributed by atoms with Crippen molar-refractivity contribution >= 4 is 60.9 Å². The molecule has 0 radical (unpaired) electrons. The molecule has 10 aromatic rings. The molecule has 0 saturated carbocycles. The SMILES string of the molecule is CC1(C)c2ccccc2-c2c(-c3ccccc3N(c3cccc(-c4cccc5c4oc4ccccc45)c3)c3cccc4c3oc3ccccc34)cccc21. The molecular weight excluding hydrogens is 659 g/mol. The summed E-state index contributed by atoms with van der Waals surface area (Å²) >= 11 is 0. The molecule has 0 unspecified atom stereocenters. The summed E-state index contributed by atoms with van der Waals surface area (Å²) in [7, 11) is 0. The van der Waals surface area contributed by atoms with Crippen LogP contribution in [0.5, 0.6) is 0 Å². The van der Waals surface area contributed by atoms with E-state index in [0.29, 0.717) is 0 Å². The molecule has 0 fully saturated rings. The minimum atomic E-state index is -0.109. The molecule has 0 bridgehead atoms. The van der Waals surface area contributed by atoms with Crippen LogP contribution in [-0.4, -0.2) is 0 Å². The highest BCUT2D eigenvalue weighted by Gasteiger charge is 2.37. The van der Waals surface area contributed by atoms with Crippen LogP contribution in [0.2, 0.25) is 0 Å². The first kappa shape index (κ1) is 30.8. The average Bonchev–Trinajstić information content (AvgIpc) is 3.87. The molecule has 0 saturated heterocycles. The quantitative estimate of drug-likeness (QED) is 0.180. The predicted octanol–water partition coefficient (Wildman–Crippen LogP) is 14.6. The molecular formula is C51H35NO2. The van der Waals surface area contributed by atoms with Crippen molar-refractivity contribution < 1.29 is 8.83 Å². The van der Waals surface area contributed by atoms with Crippen LogP contribution in [0.3, 0.4) is 0 Å². The summed E-state index contributed by atoms with van der Waals surface area (Å²) in [5, 5.41) is 4.43. The largest absolute Gasteiger partial charge is 0.455 e. The molecule has 2 heterocycles. The van der Waals surface area contributed by atoms with Crippen LogP contribution in [0, 0.1) is 0 Å². The molecule has 0 N–H and O–H groups in total. The van der Waals surface area contributed by atoms with Crippen molar-refractivity contribution in [1.82, 2.24) is 0 Å². The third kappa shape index (κ3) is 4.42. The van der Waals surface area contributed by atoms with Gasteiger partial charge in [-0.3, -0.25) is 0 Å². The van der Waals surface area contributed by atoms with Gasteiger partial charge in [0.1, 0.15) is 16.7 Å². The van der Waals surface area contributed by atoms with Crippen molar-refractivity contribution in [2.75, 3.05) is 4.90 Å². The summed E-state index contributed by atoms with van der Waals surface area (Å²) in [6.45, 7) is 4.69. The van der Waals surface area contributed by atoms with Gasteiger partial charge in [-0.1, -0.05) is 153 Å². The van der Waals surface area contributed by atoms with Gasteiger partial charge >= 0.3 is 0 Å². The van der Waals surface area contributed by atoms with Gasteiger partial charge < -0.3 is 13.7 Å². The summed E-state index contributed by atoms with van der Waals surface area (Å²) in [6, 6.07) is 62.8. The zero-order chi connectivity index (χ0) is 36.0. The fraction of sp³-hybridized carbons (Fsp3) is 0.0588.